The van der Waals surface area contributed by atoms with Crippen molar-refractivity contribution in [2.24, 2.45) is 5.92 Å². The monoisotopic (exact) mass is 230 g/mol. The molecule has 1 N–H and O–H groups in total. The number of nitrogens with zero attached hydrogens (tertiary/aromatic N) is 1. The van der Waals surface area contributed by atoms with Gasteiger partial charge in [-0.2, -0.15) is 5.26 Å². The Morgan fingerprint density at radius 3 is 2.47 bits per heavy atom. The zero-order valence-corrected chi connectivity index (χ0v) is 11.0. The molecule has 0 radical (unpaired) electrons. The number of nitriles is 1. The van der Waals surface area contributed by atoms with E-state index in [2.05, 4.69) is 37.4 Å². The Balaban J connectivity index is 2.49. The highest BCUT2D eigenvalue weighted by molar-refractivity contribution is 5.15. The van der Waals surface area contributed by atoms with Crippen LogP contribution in [0.5, 0.6) is 0 Å². The SMILES string of the molecule is CC(C)CCC(C)(C#N)NCc1ccccc1. The molecule has 1 atom stereocenters. The van der Waals surface area contributed by atoms with Crippen LogP contribution in [0.4, 0.5) is 0 Å². The molecule has 0 heterocycles. The standard InChI is InChI=1S/C15H22N2/c1-13(2)9-10-15(3,12-16)17-11-14-7-5-4-6-8-14/h4-8,13,17H,9-11H2,1-3H3. The van der Waals surface area contributed by atoms with Gasteiger partial charge in [0.05, 0.1) is 6.07 Å². The van der Waals surface area contributed by atoms with E-state index in [9.17, 15) is 5.26 Å². The van der Waals surface area contributed by atoms with Crippen molar-refractivity contribution in [3.8, 4) is 6.07 Å². The summed E-state index contributed by atoms with van der Waals surface area (Å²) in [5, 5.41) is 12.6. The van der Waals surface area contributed by atoms with Crippen LogP contribution in [0.1, 0.15) is 39.2 Å². The number of hydrogen-bond acceptors (Lipinski definition) is 2. The number of nitrogens with one attached hydrogen (secondary N) is 1. The minimum absolute atomic E-state index is 0.417. The fourth-order valence-electron chi connectivity index (χ4n) is 1.65. The molecule has 0 bridgehead atoms. The third-order valence-corrected chi connectivity index (χ3v) is 2.99. The van der Waals surface area contributed by atoms with Crippen LogP contribution in [0.25, 0.3) is 0 Å². The lowest BCUT2D eigenvalue weighted by molar-refractivity contribution is 0.377. The summed E-state index contributed by atoms with van der Waals surface area (Å²) in [4.78, 5) is 0. The lowest BCUT2D eigenvalue weighted by atomic mass is 9.93. The summed E-state index contributed by atoms with van der Waals surface area (Å²) in [6.07, 6.45) is 1.97. The van der Waals surface area contributed by atoms with E-state index >= 15 is 0 Å². The van der Waals surface area contributed by atoms with Crippen molar-refractivity contribution in [1.82, 2.24) is 5.32 Å². The second kappa shape index (κ2) is 6.42. The van der Waals surface area contributed by atoms with Crippen molar-refractivity contribution in [2.75, 3.05) is 0 Å². The fraction of sp³-hybridized carbons (Fsp3) is 0.533. The van der Waals surface area contributed by atoms with Gasteiger partial charge in [-0.25, -0.2) is 0 Å². The van der Waals surface area contributed by atoms with Crippen molar-refractivity contribution < 1.29 is 0 Å². The van der Waals surface area contributed by atoms with Crippen molar-refractivity contribution in [3.63, 3.8) is 0 Å². The first kappa shape index (κ1) is 13.7. The Morgan fingerprint density at radius 1 is 1.29 bits per heavy atom. The smallest absolute Gasteiger partial charge is 0.104 e. The van der Waals surface area contributed by atoms with Crippen molar-refractivity contribution in [1.29, 1.82) is 5.26 Å². The number of hydrogen-bond donors (Lipinski definition) is 1. The largest absolute Gasteiger partial charge is 0.296 e. The molecule has 0 fully saturated rings. The molecule has 1 unspecified atom stereocenters. The molecule has 0 aromatic heterocycles. The van der Waals surface area contributed by atoms with Crippen LogP contribution in [0.15, 0.2) is 30.3 Å². The summed E-state index contributed by atoms with van der Waals surface area (Å²) >= 11 is 0. The highest BCUT2D eigenvalue weighted by Crippen LogP contribution is 2.16. The molecule has 0 spiro atoms. The van der Waals surface area contributed by atoms with E-state index in [4.69, 9.17) is 0 Å². The Hall–Kier alpha value is -1.33. The highest BCUT2D eigenvalue weighted by Gasteiger charge is 2.22. The molecule has 1 aromatic rings. The summed E-state index contributed by atoms with van der Waals surface area (Å²) in [6.45, 7) is 7.12. The van der Waals surface area contributed by atoms with Gasteiger partial charge in [-0.05, 0) is 31.2 Å². The van der Waals surface area contributed by atoms with Crippen LogP contribution in [0.3, 0.4) is 0 Å². The molecule has 2 heteroatoms. The summed E-state index contributed by atoms with van der Waals surface area (Å²) < 4.78 is 0. The summed E-state index contributed by atoms with van der Waals surface area (Å²) in [6, 6.07) is 12.6. The minimum atomic E-state index is -0.417. The molecule has 17 heavy (non-hydrogen) atoms. The van der Waals surface area contributed by atoms with E-state index < -0.39 is 5.54 Å². The topological polar surface area (TPSA) is 35.8 Å². The van der Waals surface area contributed by atoms with Gasteiger partial charge in [-0.15, -0.1) is 0 Å². The Kier molecular flexibility index (Phi) is 5.18. The quantitative estimate of drug-likeness (QED) is 0.812. The Morgan fingerprint density at radius 2 is 1.94 bits per heavy atom. The first-order valence-corrected chi connectivity index (χ1v) is 6.26. The Labute approximate surface area is 105 Å². The molecule has 0 aliphatic carbocycles. The Bertz CT molecular complexity index is 364. The third-order valence-electron chi connectivity index (χ3n) is 2.99. The van der Waals surface area contributed by atoms with Crippen LogP contribution >= 0.6 is 0 Å². The van der Waals surface area contributed by atoms with Crippen molar-refractivity contribution in [2.45, 2.75) is 45.7 Å². The van der Waals surface area contributed by atoms with Crippen LogP contribution in [0.2, 0.25) is 0 Å². The number of rotatable bonds is 6. The second-order valence-electron chi connectivity index (χ2n) is 5.22. The van der Waals surface area contributed by atoms with Gasteiger partial charge in [-0.3, -0.25) is 5.32 Å². The van der Waals surface area contributed by atoms with Crippen molar-refractivity contribution in [3.05, 3.63) is 35.9 Å². The zero-order valence-electron chi connectivity index (χ0n) is 11.0. The molecule has 0 aliphatic heterocycles. The maximum absolute atomic E-state index is 9.26. The maximum Gasteiger partial charge on any atom is 0.104 e. The van der Waals surface area contributed by atoms with E-state index in [1.807, 2.05) is 25.1 Å². The van der Waals surface area contributed by atoms with Crippen LogP contribution < -0.4 is 5.32 Å². The van der Waals surface area contributed by atoms with Gasteiger partial charge in [0, 0.05) is 6.54 Å². The van der Waals surface area contributed by atoms with Gasteiger partial charge in [0.1, 0.15) is 5.54 Å². The molecule has 0 saturated heterocycles. The van der Waals surface area contributed by atoms with Crippen LogP contribution in [-0.4, -0.2) is 5.54 Å². The lowest BCUT2D eigenvalue weighted by Crippen LogP contribution is -2.40. The lowest BCUT2D eigenvalue weighted by Gasteiger charge is -2.24. The molecule has 0 aliphatic rings. The summed E-state index contributed by atoms with van der Waals surface area (Å²) in [5.74, 6) is 0.640. The van der Waals surface area contributed by atoms with Gasteiger partial charge in [0.25, 0.3) is 0 Å². The summed E-state index contributed by atoms with van der Waals surface area (Å²) in [5.41, 5.74) is 0.804. The first-order valence-electron chi connectivity index (χ1n) is 6.26. The van der Waals surface area contributed by atoms with E-state index in [-0.39, 0.29) is 0 Å². The zero-order chi connectivity index (χ0) is 12.7. The first-order chi connectivity index (χ1) is 8.06. The van der Waals surface area contributed by atoms with E-state index in [0.29, 0.717) is 5.92 Å². The minimum Gasteiger partial charge on any atom is -0.296 e. The predicted molar refractivity (Wildman–Crippen MR) is 71.4 cm³/mol. The fourth-order valence-corrected chi connectivity index (χ4v) is 1.65. The molecular weight excluding hydrogens is 208 g/mol. The molecule has 0 amide bonds. The molecule has 2 nitrogen and oxygen atoms in total. The highest BCUT2D eigenvalue weighted by atomic mass is 15.0. The van der Waals surface area contributed by atoms with E-state index in [1.54, 1.807) is 0 Å². The second-order valence-corrected chi connectivity index (χ2v) is 5.22. The van der Waals surface area contributed by atoms with Gasteiger partial charge in [0.2, 0.25) is 0 Å². The summed E-state index contributed by atoms with van der Waals surface area (Å²) in [7, 11) is 0. The van der Waals surface area contributed by atoms with Gasteiger partial charge in [0.15, 0.2) is 0 Å². The van der Waals surface area contributed by atoms with E-state index in [1.165, 1.54) is 5.56 Å². The average molecular weight is 230 g/mol. The van der Waals surface area contributed by atoms with Gasteiger partial charge in [-0.1, -0.05) is 44.2 Å². The van der Waals surface area contributed by atoms with Gasteiger partial charge < -0.3 is 0 Å². The molecule has 92 valence electrons. The maximum atomic E-state index is 9.26. The van der Waals surface area contributed by atoms with Crippen molar-refractivity contribution >= 4 is 0 Å². The van der Waals surface area contributed by atoms with Crippen LogP contribution in [0, 0.1) is 17.2 Å². The van der Waals surface area contributed by atoms with E-state index in [0.717, 1.165) is 19.4 Å². The molecule has 1 aromatic carbocycles. The number of benzene rings is 1. The van der Waals surface area contributed by atoms with Crippen LogP contribution in [-0.2, 0) is 6.54 Å². The molecular formula is C15H22N2. The predicted octanol–water partition coefficient (Wildman–Crippen LogP) is 3.49. The molecule has 0 saturated carbocycles. The normalized spacial score (nSPS) is 14.3. The average Bonchev–Trinajstić information content (AvgIpc) is 2.35. The third kappa shape index (κ3) is 5.01. The van der Waals surface area contributed by atoms with Gasteiger partial charge >= 0.3 is 0 Å². The molecule has 1 rings (SSSR count).